The molecule has 0 radical (unpaired) electrons. The second-order valence-corrected chi connectivity index (χ2v) is 5.57. The van der Waals surface area contributed by atoms with Gasteiger partial charge in [0.2, 0.25) is 0 Å². The highest BCUT2D eigenvalue weighted by molar-refractivity contribution is 6.09. The molecule has 6 nitrogen and oxygen atoms in total. The quantitative estimate of drug-likeness (QED) is 0.728. The molecule has 2 unspecified atom stereocenters. The molecule has 0 heterocycles. The number of hydrogen-bond donors (Lipinski definition) is 2. The lowest BCUT2D eigenvalue weighted by molar-refractivity contribution is -0.116. The van der Waals surface area contributed by atoms with Gasteiger partial charge in [-0.2, -0.15) is 0 Å². The third-order valence-electron chi connectivity index (χ3n) is 3.98. The summed E-state index contributed by atoms with van der Waals surface area (Å²) in [6, 6.07) is 4.22. The topological polar surface area (TPSA) is 105 Å². The normalized spacial score (nSPS) is 16.2. The molecule has 6 heteroatoms. The number of Topliss-reactive ketones (excluding diaryl/α,β-unsaturated/α-hetero) is 2. The van der Waals surface area contributed by atoms with Crippen LogP contribution in [0.2, 0.25) is 0 Å². The van der Waals surface area contributed by atoms with E-state index in [1.807, 2.05) is 0 Å². The summed E-state index contributed by atoms with van der Waals surface area (Å²) in [7, 11) is 3.10. The monoisotopic (exact) mass is 342 g/mol. The minimum absolute atomic E-state index is 0.378. The number of hydrogen-bond acceptors (Lipinski definition) is 6. The van der Waals surface area contributed by atoms with Crippen molar-refractivity contribution in [2.24, 2.45) is 11.5 Å². The van der Waals surface area contributed by atoms with E-state index in [1.165, 1.54) is 7.11 Å². The van der Waals surface area contributed by atoms with Gasteiger partial charge >= 0.3 is 0 Å². The van der Waals surface area contributed by atoms with Crippen LogP contribution in [0.1, 0.15) is 16.8 Å². The highest BCUT2D eigenvalue weighted by Gasteiger charge is 2.29. The Hall–Kier alpha value is -2.70. The van der Waals surface area contributed by atoms with Crippen LogP contribution in [0, 0.1) is 0 Å². The maximum Gasteiger partial charge on any atom is 0.181 e. The van der Waals surface area contributed by atoms with Gasteiger partial charge in [-0.15, -0.1) is 0 Å². The Balaban J connectivity index is 2.13. The zero-order valence-electron chi connectivity index (χ0n) is 14.3. The summed E-state index contributed by atoms with van der Waals surface area (Å²) in [6.45, 7) is 0. The van der Waals surface area contributed by atoms with Crippen molar-refractivity contribution in [3.63, 3.8) is 0 Å². The van der Waals surface area contributed by atoms with Gasteiger partial charge < -0.3 is 20.9 Å². The van der Waals surface area contributed by atoms with Crippen molar-refractivity contribution in [3.8, 4) is 5.75 Å². The SMILES string of the molecule is COC1=CC=C(C(=O)C(N)C(N)C(=O)c2ccc(OC)cc2)C=CC1. The van der Waals surface area contributed by atoms with E-state index >= 15 is 0 Å². The number of carbonyl (C=O) groups is 2. The number of methoxy groups -OCH3 is 2. The molecule has 1 aliphatic rings. The second kappa shape index (κ2) is 8.41. The van der Waals surface area contributed by atoms with Crippen molar-refractivity contribution in [1.82, 2.24) is 0 Å². The van der Waals surface area contributed by atoms with E-state index in [1.54, 1.807) is 55.7 Å². The molecule has 1 aromatic rings. The van der Waals surface area contributed by atoms with Gasteiger partial charge in [0.15, 0.2) is 11.6 Å². The highest BCUT2D eigenvalue weighted by atomic mass is 16.5. The Kier molecular flexibility index (Phi) is 6.27. The molecule has 132 valence electrons. The zero-order valence-corrected chi connectivity index (χ0v) is 14.3. The van der Waals surface area contributed by atoms with Gasteiger partial charge in [0.1, 0.15) is 5.75 Å². The van der Waals surface area contributed by atoms with E-state index < -0.39 is 17.9 Å². The fourth-order valence-corrected chi connectivity index (χ4v) is 2.39. The lowest BCUT2D eigenvalue weighted by atomic mass is 9.93. The van der Waals surface area contributed by atoms with Crippen LogP contribution in [0.4, 0.5) is 0 Å². The number of benzene rings is 1. The molecular formula is C19H22N2O4. The van der Waals surface area contributed by atoms with Crippen molar-refractivity contribution in [2.75, 3.05) is 14.2 Å². The van der Waals surface area contributed by atoms with Gasteiger partial charge in [0.05, 0.1) is 32.1 Å². The van der Waals surface area contributed by atoms with Crippen molar-refractivity contribution < 1.29 is 19.1 Å². The van der Waals surface area contributed by atoms with Gasteiger partial charge in [-0.3, -0.25) is 9.59 Å². The molecule has 0 saturated heterocycles. The average Bonchev–Trinajstić information content (AvgIpc) is 2.91. The zero-order chi connectivity index (χ0) is 18.4. The summed E-state index contributed by atoms with van der Waals surface area (Å²) in [6.07, 6.45) is 7.37. The molecule has 0 amide bonds. The van der Waals surface area contributed by atoms with Crippen molar-refractivity contribution in [3.05, 3.63) is 65.5 Å². The molecule has 0 bridgehead atoms. The first-order chi connectivity index (χ1) is 12.0. The summed E-state index contributed by atoms with van der Waals surface area (Å²) < 4.78 is 10.2. The number of rotatable bonds is 7. The molecule has 0 saturated carbocycles. The number of nitrogens with two attached hydrogens (primary N) is 2. The first-order valence-electron chi connectivity index (χ1n) is 7.83. The second-order valence-electron chi connectivity index (χ2n) is 5.57. The van der Waals surface area contributed by atoms with Crippen molar-refractivity contribution >= 4 is 11.6 Å². The van der Waals surface area contributed by atoms with E-state index in [-0.39, 0.29) is 5.78 Å². The number of allylic oxidation sites excluding steroid dienone is 4. The standard InChI is InChI=1S/C19H22N2O4/c1-24-14-5-3-4-12(6-9-14)18(22)16(20)17(21)19(23)13-7-10-15(25-2)11-8-13/h3-4,6-11,16-17H,5,20-21H2,1-2H3. The minimum atomic E-state index is -1.14. The molecule has 25 heavy (non-hydrogen) atoms. The molecule has 0 aromatic heterocycles. The van der Waals surface area contributed by atoms with Crippen molar-refractivity contribution in [2.45, 2.75) is 18.5 Å². The van der Waals surface area contributed by atoms with Crippen molar-refractivity contribution in [1.29, 1.82) is 0 Å². The minimum Gasteiger partial charge on any atom is -0.501 e. The summed E-state index contributed by atoms with van der Waals surface area (Å²) in [5.41, 5.74) is 12.7. The van der Waals surface area contributed by atoms with Crippen LogP contribution in [0.15, 0.2) is 59.9 Å². The van der Waals surface area contributed by atoms with Crippen LogP contribution < -0.4 is 16.2 Å². The van der Waals surface area contributed by atoms with Gasteiger partial charge in [-0.25, -0.2) is 0 Å². The smallest absolute Gasteiger partial charge is 0.181 e. The Morgan fingerprint density at radius 2 is 1.60 bits per heavy atom. The first-order valence-corrected chi connectivity index (χ1v) is 7.83. The number of ketones is 2. The summed E-state index contributed by atoms with van der Waals surface area (Å²) in [4.78, 5) is 25.0. The molecule has 2 rings (SSSR count). The third-order valence-corrected chi connectivity index (χ3v) is 3.98. The predicted molar refractivity (Wildman–Crippen MR) is 95.2 cm³/mol. The van der Waals surface area contributed by atoms with E-state index in [0.29, 0.717) is 23.3 Å². The van der Waals surface area contributed by atoms with Crippen LogP contribution in [0.3, 0.4) is 0 Å². The average molecular weight is 342 g/mol. The molecule has 4 N–H and O–H groups in total. The van der Waals surface area contributed by atoms with E-state index in [0.717, 1.165) is 5.76 Å². The highest BCUT2D eigenvalue weighted by Crippen LogP contribution is 2.16. The molecular weight excluding hydrogens is 320 g/mol. The molecule has 0 aliphatic heterocycles. The number of carbonyl (C=O) groups excluding carboxylic acids is 2. The predicted octanol–water partition coefficient (Wildman–Crippen LogP) is 1.52. The van der Waals surface area contributed by atoms with Crippen LogP contribution in [-0.2, 0) is 9.53 Å². The molecule has 2 atom stereocenters. The van der Waals surface area contributed by atoms with Gasteiger partial charge in [-0.1, -0.05) is 12.2 Å². The maximum absolute atomic E-state index is 12.6. The van der Waals surface area contributed by atoms with Gasteiger partial charge in [0.25, 0.3) is 0 Å². The first kappa shape index (κ1) is 18.6. The molecule has 0 spiro atoms. The maximum atomic E-state index is 12.6. The van der Waals surface area contributed by atoms with Crippen LogP contribution in [-0.4, -0.2) is 37.9 Å². The van der Waals surface area contributed by atoms with E-state index in [4.69, 9.17) is 20.9 Å². The lowest BCUT2D eigenvalue weighted by Gasteiger charge is -2.18. The Labute approximate surface area is 146 Å². The van der Waals surface area contributed by atoms with E-state index in [2.05, 4.69) is 0 Å². The van der Waals surface area contributed by atoms with E-state index in [9.17, 15) is 9.59 Å². The fraction of sp³-hybridized carbons (Fsp3) is 0.263. The van der Waals surface area contributed by atoms with Gasteiger partial charge in [0, 0.05) is 17.6 Å². The Bertz CT molecular complexity index is 732. The van der Waals surface area contributed by atoms with Crippen LogP contribution in [0.25, 0.3) is 0 Å². The fourth-order valence-electron chi connectivity index (χ4n) is 2.39. The molecule has 1 aliphatic carbocycles. The van der Waals surface area contributed by atoms with Crippen LogP contribution in [0.5, 0.6) is 5.75 Å². The Morgan fingerprint density at radius 3 is 2.20 bits per heavy atom. The largest absolute Gasteiger partial charge is 0.501 e. The summed E-state index contributed by atoms with van der Waals surface area (Å²) >= 11 is 0. The van der Waals surface area contributed by atoms with Crippen LogP contribution >= 0.6 is 0 Å². The molecule has 0 fully saturated rings. The molecule has 1 aromatic carbocycles. The summed E-state index contributed by atoms with van der Waals surface area (Å²) in [5, 5.41) is 0. The number of ether oxygens (including phenoxy) is 2. The third kappa shape index (κ3) is 4.43. The van der Waals surface area contributed by atoms with Gasteiger partial charge in [-0.05, 0) is 36.4 Å². The lowest BCUT2D eigenvalue weighted by Crippen LogP contribution is -2.52. The summed E-state index contributed by atoms with van der Waals surface area (Å²) in [5.74, 6) is 0.570. The Morgan fingerprint density at radius 1 is 0.960 bits per heavy atom.